The first-order chi connectivity index (χ1) is 21.2. The first kappa shape index (κ1) is 27.2. The lowest BCUT2D eigenvalue weighted by Gasteiger charge is -2.08. The van der Waals surface area contributed by atoms with Crippen LogP contribution in [0.15, 0.2) is 134 Å². The second kappa shape index (κ2) is 9.72. The van der Waals surface area contributed by atoms with Crippen molar-refractivity contribution in [2.75, 3.05) is 0 Å². The molecule has 0 amide bonds. The van der Waals surface area contributed by atoms with Gasteiger partial charge >= 0.3 is 0 Å². The molecule has 2 aliphatic rings. The van der Waals surface area contributed by atoms with Gasteiger partial charge in [0.25, 0.3) is 0 Å². The third-order valence-electron chi connectivity index (χ3n) is 7.95. The molecule has 0 bridgehead atoms. The molecule has 0 atom stereocenters. The lowest BCUT2D eigenvalue weighted by molar-refractivity contribution is 0.104. The van der Waals surface area contributed by atoms with Gasteiger partial charge in [-0.2, -0.15) is 10.5 Å². The van der Waals surface area contributed by atoms with Crippen molar-refractivity contribution >= 4 is 31.0 Å². The molecule has 2 aliphatic carbocycles. The van der Waals surface area contributed by atoms with Crippen molar-refractivity contribution in [2.45, 2.75) is 19.6 Å². The topological polar surface area (TPSA) is 133 Å². The van der Waals surface area contributed by atoms with Gasteiger partial charge < -0.3 is 0 Å². The maximum atomic E-state index is 13.7. The number of hydrogen-bond acceptors (Lipinski definition) is 7. The molecule has 0 N–H and O–H groups in total. The van der Waals surface area contributed by atoms with E-state index in [1.807, 2.05) is 12.1 Å². The van der Waals surface area contributed by atoms with Crippen molar-refractivity contribution < 1.29 is 21.6 Å². The number of carbonyl (C=O) groups excluding carboxylic acids is 1. The lowest BCUT2D eigenvalue weighted by atomic mass is 9.95. The average Bonchev–Trinajstić information content (AvgIpc) is 3.52. The van der Waals surface area contributed by atoms with E-state index in [4.69, 9.17) is 0 Å². The molecule has 0 heterocycles. The molecule has 0 radical (unpaired) electrons. The zero-order chi connectivity index (χ0) is 30.8. The Bertz CT molecular complexity index is 2420. The largest absolute Gasteiger partial charge is 0.289 e. The predicted molar refractivity (Wildman–Crippen MR) is 162 cm³/mol. The minimum Gasteiger partial charge on any atom is -0.289 e. The predicted octanol–water partition coefficient (Wildman–Crippen LogP) is 6.39. The van der Waals surface area contributed by atoms with Gasteiger partial charge in [0.05, 0.1) is 19.6 Å². The summed E-state index contributed by atoms with van der Waals surface area (Å²) < 4.78 is 53.4. The Labute approximate surface area is 253 Å². The van der Waals surface area contributed by atoms with E-state index < -0.39 is 19.7 Å². The van der Waals surface area contributed by atoms with E-state index >= 15 is 0 Å². The molecule has 0 unspecified atom stereocenters. The Morgan fingerprint density at radius 3 is 1.39 bits per heavy atom. The Morgan fingerprint density at radius 2 is 0.864 bits per heavy atom. The minimum absolute atomic E-state index is 0.00380. The standard InChI is InChI=1S/C35H18N2O5S2/c36-19-21(20-37)34-30-15-24(43(39,40)22-7-3-1-4-8-22)11-13-26(30)28-18-33-29(17-31(28)34)27-14-12-25(16-32(27)35(33)38)44(41,42)23-9-5-2-6-10-23/h1-18H. The maximum absolute atomic E-state index is 13.7. The van der Waals surface area contributed by atoms with Crippen LogP contribution in [0.4, 0.5) is 0 Å². The number of fused-ring (bicyclic) bond motifs is 6. The summed E-state index contributed by atoms with van der Waals surface area (Å²) in [5, 5.41) is 19.8. The number of benzene rings is 5. The van der Waals surface area contributed by atoms with Gasteiger partial charge in [-0.3, -0.25) is 4.79 Å². The first-order valence-electron chi connectivity index (χ1n) is 13.3. The Hall–Kier alpha value is -5.61. The van der Waals surface area contributed by atoms with Crippen LogP contribution in [-0.2, 0) is 19.7 Å². The van der Waals surface area contributed by atoms with Crippen LogP contribution in [0, 0.1) is 22.7 Å². The lowest BCUT2D eigenvalue weighted by Crippen LogP contribution is -2.04. The summed E-state index contributed by atoms with van der Waals surface area (Å²) >= 11 is 0. The van der Waals surface area contributed by atoms with Gasteiger partial charge in [-0.15, -0.1) is 0 Å². The summed E-state index contributed by atoms with van der Waals surface area (Å²) in [5.41, 5.74) is 3.76. The zero-order valence-corrected chi connectivity index (χ0v) is 24.3. The maximum Gasteiger partial charge on any atom is 0.206 e. The van der Waals surface area contributed by atoms with Crippen molar-refractivity contribution in [3.05, 3.63) is 137 Å². The quantitative estimate of drug-likeness (QED) is 0.211. The first-order valence-corrected chi connectivity index (χ1v) is 16.3. The van der Waals surface area contributed by atoms with Crippen molar-refractivity contribution in [1.29, 1.82) is 10.5 Å². The number of hydrogen-bond donors (Lipinski definition) is 0. The van der Waals surface area contributed by atoms with E-state index in [1.165, 1.54) is 48.5 Å². The smallest absolute Gasteiger partial charge is 0.206 e. The number of rotatable bonds is 4. The van der Waals surface area contributed by atoms with Gasteiger partial charge in [0.1, 0.15) is 17.7 Å². The second-order valence-electron chi connectivity index (χ2n) is 10.3. The number of allylic oxidation sites excluding steroid dienone is 1. The fraction of sp³-hybridized carbons (Fsp3) is 0. The highest BCUT2D eigenvalue weighted by Gasteiger charge is 2.35. The SMILES string of the molecule is N#CC(C#N)=C1c2cc(S(=O)(=O)c3ccccc3)ccc2-c2cc3c(cc21)-c1ccc(S(=O)(=O)c2ccccc2)cc1C3=O. The third-order valence-corrected chi connectivity index (χ3v) is 11.5. The van der Waals surface area contributed by atoms with Gasteiger partial charge in [0, 0.05) is 16.7 Å². The molecule has 5 aromatic rings. The highest BCUT2D eigenvalue weighted by atomic mass is 32.2. The molecule has 9 heteroatoms. The van der Waals surface area contributed by atoms with Crippen LogP contribution in [0.1, 0.15) is 27.0 Å². The van der Waals surface area contributed by atoms with Crippen LogP contribution in [0.3, 0.4) is 0 Å². The summed E-state index contributed by atoms with van der Waals surface area (Å²) in [6.07, 6.45) is 0. The fourth-order valence-electron chi connectivity index (χ4n) is 5.85. The normalized spacial score (nSPS) is 12.9. The molecule has 210 valence electrons. The number of ketones is 1. The summed E-state index contributed by atoms with van der Waals surface area (Å²) in [7, 11) is -7.76. The molecular formula is C35H18N2O5S2. The third kappa shape index (κ3) is 3.88. The van der Waals surface area contributed by atoms with Gasteiger partial charge in [-0.1, -0.05) is 48.5 Å². The van der Waals surface area contributed by atoms with Gasteiger partial charge in [-0.25, -0.2) is 16.8 Å². The zero-order valence-electron chi connectivity index (χ0n) is 22.6. The Kier molecular flexibility index (Phi) is 6.01. The van der Waals surface area contributed by atoms with Gasteiger partial charge in [0.15, 0.2) is 5.78 Å². The van der Waals surface area contributed by atoms with Gasteiger partial charge in [-0.05, 0) is 94.0 Å². The van der Waals surface area contributed by atoms with E-state index in [2.05, 4.69) is 0 Å². The Morgan fingerprint density at radius 1 is 0.455 bits per heavy atom. The van der Waals surface area contributed by atoms with E-state index in [-0.39, 0.29) is 42.1 Å². The highest BCUT2D eigenvalue weighted by Crippen LogP contribution is 2.51. The number of nitriles is 2. The second-order valence-corrected chi connectivity index (χ2v) is 14.2. The van der Waals surface area contributed by atoms with E-state index in [9.17, 15) is 32.2 Å². The Balaban J connectivity index is 1.39. The fourth-order valence-corrected chi connectivity index (χ4v) is 8.47. The molecular weight excluding hydrogens is 593 g/mol. The summed E-state index contributed by atoms with van der Waals surface area (Å²) in [4.78, 5) is 13.9. The van der Waals surface area contributed by atoms with Crippen LogP contribution < -0.4 is 0 Å². The number of carbonyl (C=O) groups is 1. The van der Waals surface area contributed by atoms with Crippen molar-refractivity contribution in [2.24, 2.45) is 0 Å². The highest BCUT2D eigenvalue weighted by molar-refractivity contribution is 7.91. The molecule has 7 rings (SSSR count). The summed E-state index contributed by atoms with van der Waals surface area (Å²) in [5.74, 6) is -0.356. The molecule has 0 saturated heterocycles. The van der Waals surface area contributed by atoms with Crippen LogP contribution in [0.25, 0.3) is 27.8 Å². The molecule has 0 spiro atoms. The van der Waals surface area contributed by atoms with E-state index in [0.717, 1.165) is 0 Å². The van der Waals surface area contributed by atoms with Crippen molar-refractivity contribution in [1.82, 2.24) is 0 Å². The van der Waals surface area contributed by atoms with Crippen LogP contribution in [0.2, 0.25) is 0 Å². The molecule has 0 aromatic heterocycles. The average molecular weight is 611 g/mol. The summed E-state index contributed by atoms with van der Waals surface area (Å²) in [6.45, 7) is 0. The minimum atomic E-state index is -3.90. The van der Waals surface area contributed by atoms with Crippen LogP contribution in [0.5, 0.6) is 0 Å². The van der Waals surface area contributed by atoms with Crippen molar-refractivity contribution in [3.63, 3.8) is 0 Å². The number of sulfone groups is 2. The molecule has 0 aliphatic heterocycles. The molecule has 0 saturated carbocycles. The van der Waals surface area contributed by atoms with Gasteiger partial charge in [0.2, 0.25) is 19.7 Å². The molecule has 44 heavy (non-hydrogen) atoms. The van der Waals surface area contributed by atoms with E-state index in [1.54, 1.807) is 60.7 Å². The molecule has 7 nitrogen and oxygen atoms in total. The van der Waals surface area contributed by atoms with Crippen LogP contribution >= 0.6 is 0 Å². The monoisotopic (exact) mass is 610 g/mol. The number of nitrogens with zero attached hydrogens (tertiary/aromatic N) is 2. The summed E-state index contributed by atoms with van der Waals surface area (Å²) in [6, 6.07) is 32.2. The van der Waals surface area contributed by atoms with Crippen molar-refractivity contribution in [3.8, 4) is 34.4 Å². The molecule has 0 fully saturated rings. The van der Waals surface area contributed by atoms with Crippen LogP contribution in [-0.4, -0.2) is 22.6 Å². The van der Waals surface area contributed by atoms with E-state index in [0.29, 0.717) is 38.9 Å². The molecule has 5 aromatic carbocycles.